The molecule has 0 aliphatic heterocycles. The number of rotatable bonds is 3. The number of pyridine rings is 1. The molecule has 0 aliphatic carbocycles. The van der Waals surface area contributed by atoms with Crippen molar-refractivity contribution >= 4 is 49.2 Å². The summed E-state index contributed by atoms with van der Waals surface area (Å²) in [5.74, 6) is -0.845. The Kier molecular flexibility index (Phi) is 4.66. The Bertz CT molecular complexity index is 1440. The van der Waals surface area contributed by atoms with Gasteiger partial charge in [-0.15, -0.1) is 0 Å². The van der Waals surface area contributed by atoms with Crippen molar-refractivity contribution in [1.82, 2.24) is 9.71 Å². The van der Waals surface area contributed by atoms with Crippen LogP contribution in [-0.4, -0.2) is 19.3 Å². The van der Waals surface area contributed by atoms with E-state index in [4.69, 9.17) is 11.6 Å². The molecule has 0 radical (unpaired) electrons. The van der Waals surface area contributed by atoms with Crippen LogP contribution in [0.3, 0.4) is 0 Å². The van der Waals surface area contributed by atoms with E-state index in [2.05, 4.69) is 9.71 Å². The summed E-state index contributed by atoms with van der Waals surface area (Å²) in [7, 11) is -4.27. The van der Waals surface area contributed by atoms with Gasteiger partial charge in [0.15, 0.2) is 0 Å². The molecular formula is C21H12ClN3O3S. The highest BCUT2D eigenvalue weighted by Crippen LogP contribution is 2.27. The molecule has 0 fully saturated rings. The fraction of sp³-hybridized carbons (Fsp3) is 0. The number of nitriles is 1. The molecule has 0 spiro atoms. The van der Waals surface area contributed by atoms with E-state index >= 15 is 0 Å². The smallest absolute Gasteiger partial charge is 0.266 e. The second-order valence-electron chi connectivity index (χ2n) is 6.27. The fourth-order valence-corrected chi connectivity index (χ4v) is 4.59. The van der Waals surface area contributed by atoms with Gasteiger partial charge in [-0.25, -0.2) is 13.1 Å². The number of halogens is 1. The molecule has 1 aromatic heterocycles. The Labute approximate surface area is 171 Å². The Morgan fingerprint density at radius 2 is 1.79 bits per heavy atom. The Morgan fingerprint density at radius 3 is 2.59 bits per heavy atom. The number of nitrogens with zero attached hydrogens (tertiary/aromatic N) is 2. The van der Waals surface area contributed by atoms with Crippen LogP contribution in [0.25, 0.3) is 21.7 Å². The number of sulfonamides is 1. The van der Waals surface area contributed by atoms with Gasteiger partial charge in [0.1, 0.15) is 4.90 Å². The van der Waals surface area contributed by atoms with Gasteiger partial charge in [-0.1, -0.05) is 41.9 Å². The van der Waals surface area contributed by atoms with Crippen LogP contribution in [0, 0.1) is 11.3 Å². The lowest BCUT2D eigenvalue weighted by Crippen LogP contribution is -2.31. The van der Waals surface area contributed by atoms with Crippen LogP contribution in [-0.2, 0) is 10.0 Å². The van der Waals surface area contributed by atoms with E-state index in [1.165, 1.54) is 18.3 Å². The van der Waals surface area contributed by atoms with Crippen LogP contribution in [0.2, 0.25) is 5.02 Å². The number of hydrogen-bond acceptors (Lipinski definition) is 5. The van der Waals surface area contributed by atoms with Crippen molar-refractivity contribution in [2.75, 3.05) is 0 Å². The van der Waals surface area contributed by atoms with Gasteiger partial charge < -0.3 is 0 Å². The zero-order valence-corrected chi connectivity index (χ0v) is 16.3. The van der Waals surface area contributed by atoms with Crippen molar-refractivity contribution in [3.63, 3.8) is 0 Å². The normalized spacial score (nSPS) is 11.3. The van der Waals surface area contributed by atoms with Crippen molar-refractivity contribution in [2.24, 2.45) is 0 Å². The Balaban J connectivity index is 1.82. The minimum atomic E-state index is -4.27. The lowest BCUT2D eigenvalue weighted by Gasteiger charge is -2.11. The van der Waals surface area contributed by atoms with Gasteiger partial charge >= 0.3 is 0 Å². The third-order valence-electron chi connectivity index (χ3n) is 4.39. The standard InChI is InChI=1S/C21H12ClN3O3S/c22-16-10-15-5-3-7-24-20(15)19(11-16)29(27,28)25-21(26)18-9-13(12-23)8-14-4-1-2-6-17(14)18/h1-11H,(H,25,26). The molecule has 0 saturated carbocycles. The molecule has 0 bridgehead atoms. The third-order valence-corrected chi connectivity index (χ3v) is 5.95. The number of aromatic nitrogens is 1. The first-order valence-electron chi connectivity index (χ1n) is 8.43. The average molecular weight is 422 g/mol. The Morgan fingerprint density at radius 1 is 1.03 bits per heavy atom. The van der Waals surface area contributed by atoms with Crippen molar-refractivity contribution < 1.29 is 13.2 Å². The van der Waals surface area contributed by atoms with E-state index in [1.54, 1.807) is 48.5 Å². The highest BCUT2D eigenvalue weighted by molar-refractivity contribution is 7.90. The first-order chi connectivity index (χ1) is 13.9. The van der Waals surface area contributed by atoms with Crippen LogP contribution in [0.4, 0.5) is 0 Å². The molecule has 0 atom stereocenters. The van der Waals surface area contributed by atoms with Crippen molar-refractivity contribution in [2.45, 2.75) is 4.90 Å². The average Bonchev–Trinajstić information content (AvgIpc) is 2.71. The minimum absolute atomic E-state index is 0.0857. The predicted octanol–water partition coefficient (Wildman–Crippen LogP) is 4.03. The van der Waals surface area contributed by atoms with Gasteiger partial charge in [-0.2, -0.15) is 5.26 Å². The molecule has 1 N–H and O–H groups in total. The van der Waals surface area contributed by atoms with Gasteiger partial charge in [0.2, 0.25) is 0 Å². The van der Waals surface area contributed by atoms with E-state index in [9.17, 15) is 18.5 Å². The zero-order valence-electron chi connectivity index (χ0n) is 14.8. The second-order valence-corrected chi connectivity index (χ2v) is 8.36. The first kappa shape index (κ1) is 18.9. The summed E-state index contributed by atoms with van der Waals surface area (Å²) in [5, 5.41) is 11.2. The maximum absolute atomic E-state index is 13.0. The molecule has 6 nitrogen and oxygen atoms in total. The number of carbonyl (C=O) groups is 1. The maximum Gasteiger partial charge on any atom is 0.266 e. The molecular weight excluding hydrogens is 410 g/mol. The third kappa shape index (κ3) is 3.51. The summed E-state index contributed by atoms with van der Waals surface area (Å²) in [6.07, 6.45) is 1.46. The summed E-state index contributed by atoms with van der Waals surface area (Å²) >= 11 is 6.06. The summed E-state index contributed by atoms with van der Waals surface area (Å²) in [5.41, 5.74) is 0.538. The Hall–Kier alpha value is -3.47. The molecule has 29 heavy (non-hydrogen) atoms. The minimum Gasteiger partial charge on any atom is -0.268 e. The summed E-state index contributed by atoms with van der Waals surface area (Å²) in [4.78, 5) is 16.8. The van der Waals surface area contributed by atoms with Crippen LogP contribution < -0.4 is 4.72 Å². The van der Waals surface area contributed by atoms with Crippen LogP contribution in [0.5, 0.6) is 0 Å². The summed E-state index contributed by atoms with van der Waals surface area (Å²) in [6, 6.07) is 18.1. The fourth-order valence-electron chi connectivity index (χ4n) is 3.12. The lowest BCUT2D eigenvalue weighted by atomic mass is 10.0. The molecule has 8 heteroatoms. The molecule has 0 aliphatic rings. The van der Waals surface area contributed by atoms with Crippen LogP contribution in [0.15, 0.2) is 71.8 Å². The van der Waals surface area contributed by atoms with Gasteiger partial charge in [0.25, 0.3) is 15.9 Å². The maximum atomic E-state index is 13.0. The monoisotopic (exact) mass is 421 g/mol. The second kappa shape index (κ2) is 7.17. The molecule has 4 aromatic rings. The van der Waals surface area contributed by atoms with Crippen molar-refractivity contribution in [3.05, 3.63) is 83.0 Å². The van der Waals surface area contributed by atoms with E-state index < -0.39 is 15.9 Å². The number of hydrogen-bond donors (Lipinski definition) is 1. The van der Waals surface area contributed by atoms with Crippen LogP contribution in [0.1, 0.15) is 15.9 Å². The topological polar surface area (TPSA) is 99.9 Å². The number of amides is 1. The molecule has 4 rings (SSSR count). The van der Waals surface area contributed by atoms with Crippen molar-refractivity contribution in [1.29, 1.82) is 5.26 Å². The number of benzene rings is 3. The van der Waals surface area contributed by atoms with E-state index in [1.807, 2.05) is 6.07 Å². The van der Waals surface area contributed by atoms with Crippen LogP contribution >= 0.6 is 11.6 Å². The first-order valence-corrected chi connectivity index (χ1v) is 10.3. The summed E-state index contributed by atoms with van der Waals surface area (Å²) < 4.78 is 28.0. The summed E-state index contributed by atoms with van der Waals surface area (Å²) in [6.45, 7) is 0. The molecule has 1 heterocycles. The molecule has 0 saturated heterocycles. The molecule has 142 valence electrons. The van der Waals surface area contributed by atoms with E-state index in [0.717, 1.165) is 0 Å². The van der Waals surface area contributed by atoms with Gasteiger partial charge in [0.05, 0.1) is 17.1 Å². The van der Waals surface area contributed by atoms with Gasteiger partial charge in [-0.3, -0.25) is 9.78 Å². The number of fused-ring (bicyclic) bond motifs is 2. The number of carbonyl (C=O) groups excluding carboxylic acids is 1. The highest BCUT2D eigenvalue weighted by Gasteiger charge is 2.24. The largest absolute Gasteiger partial charge is 0.268 e. The number of nitrogens with one attached hydrogen (secondary N) is 1. The highest BCUT2D eigenvalue weighted by atomic mass is 35.5. The SMILES string of the molecule is N#Cc1cc(C(=O)NS(=O)(=O)c2cc(Cl)cc3cccnc23)c2ccccc2c1. The van der Waals surface area contributed by atoms with Gasteiger partial charge in [-0.05, 0) is 41.1 Å². The predicted molar refractivity (Wildman–Crippen MR) is 110 cm³/mol. The van der Waals surface area contributed by atoms with Gasteiger partial charge in [0, 0.05) is 22.2 Å². The lowest BCUT2D eigenvalue weighted by molar-refractivity contribution is 0.0983. The molecule has 1 amide bonds. The quantitative estimate of drug-likeness (QED) is 0.538. The van der Waals surface area contributed by atoms with E-state index in [0.29, 0.717) is 16.2 Å². The van der Waals surface area contributed by atoms with Crippen molar-refractivity contribution in [3.8, 4) is 6.07 Å². The zero-order chi connectivity index (χ0) is 20.6. The molecule has 0 unspecified atom stereocenters. The van der Waals surface area contributed by atoms with E-state index in [-0.39, 0.29) is 26.6 Å². The molecule has 3 aromatic carbocycles.